The maximum atomic E-state index is 5.56. The molecule has 16 heavy (non-hydrogen) atoms. The molecule has 0 fully saturated rings. The normalized spacial score (nSPS) is 10.1. The summed E-state index contributed by atoms with van der Waals surface area (Å²) in [6.07, 6.45) is 1.54. The van der Waals surface area contributed by atoms with Crippen LogP contribution in [0.4, 0.5) is 0 Å². The third-order valence-electron chi connectivity index (χ3n) is 1.97. The van der Waals surface area contributed by atoms with Crippen LogP contribution in [0.25, 0.3) is 0 Å². The molecule has 0 saturated heterocycles. The van der Waals surface area contributed by atoms with Crippen LogP contribution in [0.2, 0.25) is 0 Å². The summed E-state index contributed by atoms with van der Waals surface area (Å²) in [7, 11) is 1.61. The Bertz CT molecular complexity index is 470. The lowest BCUT2D eigenvalue weighted by Crippen LogP contribution is -1.97. The van der Waals surface area contributed by atoms with Crippen molar-refractivity contribution in [2.75, 3.05) is 7.11 Å². The van der Waals surface area contributed by atoms with E-state index in [1.807, 2.05) is 24.3 Å². The Morgan fingerprint density at radius 1 is 1.31 bits per heavy atom. The molecule has 84 valence electrons. The lowest BCUT2D eigenvalue weighted by atomic mass is 10.3. The van der Waals surface area contributed by atoms with Gasteiger partial charge in [0.1, 0.15) is 18.6 Å². The Labute approximate surface area is 101 Å². The van der Waals surface area contributed by atoms with Crippen molar-refractivity contribution in [2.45, 2.75) is 6.61 Å². The van der Waals surface area contributed by atoms with E-state index in [0.717, 1.165) is 5.69 Å². The summed E-state index contributed by atoms with van der Waals surface area (Å²) in [5.74, 6) is 1.38. The van der Waals surface area contributed by atoms with Crippen molar-refractivity contribution in [3.8, 4) is 11.5 Å². The highest BCUT2D eigenvalue weighted by atomic mass is 79.9. The number of methoxy groups -OCH3 is 1. The second-order valence-electron chi connectivity index (χ2n) is 3.03. The first-order valence-corrected chi connectivity index (χ1v) is 5.44. The van der Waals surface area contributed by atoms with Crippen LogP contribution in [0.5, 0.6) is 11.5 Å². The molecule has 0 aliphatic carbocycles. The molecular formula is C11H10BrNO3. The van der Waals surface area contributed by atoms with E-state index < -0.39 is 0 Å². The summed E-state index contributed by atoms with van der Waals surface area (Å²) >= 11 is 3.13. The van der Waals surface area contributed by atoms with E-state index in [1.165, 1.54) is 0 Å². The molecule has 0 bridgehead atoms. The molecule has 5 heteroatoms. The average molecular weight is 284 g/mol. The third kappa shape index (κ3) is 2.55. The van der Waals surface area contributed by atoms with Gasteiger partial charge in [-0.05, 0) is 12.1 Å². The number of oxazole rings is 1. The van der Waals surface area contributed by atoms with Gasteiger partial charge < -0.3 is 13.9 Å². The first-order valence-electron chi connectivity index (χ1n) is 4.65. The van der Waals surface area contributed by atoms with Gasteiger partial charge in [0.2, 0.25) is 0 Å². The predicted molar refractivity (Wildman–Crippen MR) is 61.5 cm³/mol. The number of hydrogen-bond donors (Lipinski definition) is 0. The summed E-state index contributed by atoms with van der Waals surface area (Å²) in [5.41, 5.74) is 0.720. The highest BCUT2D eigenvalue weighted by Crippen LogP contribution is 2.26. The molecule has 1 heterocycles. The summed E-state index contributed by atoms with van der Waals surface area (Å²) in [4.78, 5) is 4.52. The molecule has 1 aromatic heterocycles. The Balaban J connectivity index is 2.04. The van der Waals surface area contributed by atoms with E-state index in [1.54, 1.807) is 13.4 Å². The molecule has 0 atom stereocenters. The van der Waals surface area contributed by atoms with Crippen molar-refractivity contribution in [2.24, 2.45) is 0 Å². The first kappa shape index (κ1) is 11.0. The van der Waals surface area contributed by atoms with E-state index in [0.29, 0.717) is 22.9 Å². The molecule has 1 aromatic carbocycles. The standard InChI is InChI=1S/C11H10BrNO3/c1-14-9-4-2-3-5-10(9)15-6-8-7-16-11(12)13-8/h2-5,7H,6H2,1H3. The molecular weight excluding hydrogens is 274 g/mol. The summed E-state index contributed by atoms with van der Waals surface area (Å²) in [6, 6.07) is 7.46. The van der Waals surface area contributed by atoms with Crippen LogP contribution >= 0.6 is 15.9 Å². The van der Waals surface area contributed by atoms with Crippen molar-refractivity contribution in [3.05, 3.63) is 41.0 Å². The number of aromatic nitrogens is 1. The van der Waals surface area contributed by atoms with Crippen LogP contribution in [0.15, 0.2) is 39.7 Å². The summed E-state index contributed by atoms with van der Waals surface area (Å²) in [6.45, 7) is 0.343. The quantitative estimate of drug-likeness (QED) is 0.865. The lowest BCUT2D eigenvalue weighted by Gasteiger charge is -2.08. The Morgan fingerprint density at radius 3 is 2.69 bits per heavy atom. The monoisotopic (exact) mass is 283 g/mol. The van der Waals surface area contributed by atoms with Gasteiger partial charge in [-0.25, -0.2) is 4.98 Å². The fourth-order valence-electron chi connectivity index (χ4n) is 1.24. The number of hydrogen-bond acceptors (Lipinski definition) is 4. The zero-order valence-corrected chi connectivity index (χ0v) is 10.2. The van der Waals surface area contributed by atoms with Crippen LogP contribution in [-0.4, -0.2) is 12.1 Å². The van der Waals surface area contributed by atoms with Crippen LogP contribution in [0, 0.1) is 0 Å². The van der Waals surface area contributed by atoms with Crippen LogP contribution in [0.3, 0.4) is 0 Å². The van der Waals surface area contributed by atoms with Crippen molar-refractivity contribution >= 4 is 15.9 Å². The number of benzene rings is 1. The van der Waals surface area contributed by atoms with Gasteiger partial charge in [0.15, 0.2) is 11.5 Å². The van der Waals surface area contributed by atoms with Gasteiger partial charge in [-0.3, -0.25) is 0 Å². The van der Waals surface area contributed by atoms with E-state index >= 15 is 0 Å². The van der Waals surface area contributed by atoms with Gasteiger partial charge in [-0.2, -0.15) is 0 Å². The Hall–Kier alpha value is -1.49. The van der Waals surface area contributed by atoms with Crippen LogP contribution in [-0.2, 0) is 6.61 Å². The van der Waals surface area contributed by atoms with Crippen LogP contribution in [0.1, 0.15) is 5.69 Å². The maximum absolute atomic E-state index is 5.56. The van der Waals surface area contributed by atoms with Crippen molar-refractivity contribution in [1.29, 1.82) is 0 Å². The molecule has 0 amide bonds. The fraction of sp³-hybridized carbons (Fsp3) is 0.182. The second-order valence-corrected chi connectivity index (χ2v) is 3.71. The van der Waals surface area contributed by atoms with Crippen molar-refractivity contribution < 1.29 is 13.9 Å². The van der Waals surface area contributed by atoms with Crippen LogP contribution < -0.4 is 9.47 Å². The zero-order valence-electron chi connectivity index (χ0n) is 8.64. The molecule has 2 rings (SSSR count). The predicted octanol–water partition coefficient (Wildman–Crippen LogP) is 3.02. The number of ether oxygens (including phenoxy) is 2. The Morgan fingerprint density at radius 2 is 2.06 bits per heavy atom. The van der Waals surface area contributed by atoms with E-state index in [9.17, 15) is 0 Å². The van der Waals surface area contributed by atoms with Gasteiger partial charge in [-0.15, -0.1) is 0 Å². The van der Waals surface area contributed by atoms with E-state index in [-0.39, 0.29) is 0 Å². The van der Waals surface area contributed by atoms with E-state index in [2.05, 4.69) is 20.9 Å². The smallest absolute Gasteiger partial charge is 0.264 e. The molecule has 4 nitrogen and oxygen atoms in total. The molecule has 0 N–H and O–H groups in total. The van der Waals surface area contributed by atoms with E-state index in [4.69, 9.17) is 13.9 Å². The SMILES string of the molecule is COc1ccccc1OCc1coc(Br)n1. The topological polar surface area (TPSA) is 44.5 Å². The highest BCUT2D eigenvalue weighted by molar-refractivity contribution is 9.10. The van der Waals surface area contributed by atoms with Gasteiger partial charge in [0.25, 0.3) is 4.80 Å². The second kappa shape index (κ2) is 5.03. The molecule has 0 radical (unpaired) electrons. The van der Waals surface area contributed by atoms with Gasteiger partial charge >= 0.3 is 0 Å². The maximum Gasteiger partial charge on any atom is 0.264 e. The zero-order chi connectivity index (χ0) is 11.4. The van der Waals surface area contributed by atoms with Gasteiger partial charge in [0.05, 0.1) is 7.11 Å². The number of para-hydroxylation sites is 2. The fourth-order valence-corrected chi connectivity index (χ4v) is 1.56. The Kier molecular flexibility index (Phi) is 3.46. The number of rotatable bonds is 4. The molecule has 0 unspecified atom stereocenters. The molecule has 0 spiro atoms. The average Bonchev–Trinajstić information content (AvgIpc) is 2.73. The minimum atomic E-state index is 0.343. The minimum absolute atomic E-state index is 0.343. The van der Waals surface area contributed by atoms with Gasteiger partial charge in [0, 0.05) is 15.9 Å². The molecule has 0 aliphatic heterocycles. The number of halogens is 1. The molecule has 2 aromatic rings. The molecule has 0 saturated carbocycles. The van der Waals surface area contributed by atoms with Gasteiger partial charge in [-0.1, -0.05) is 12.1 Å². The molecule has 0 aliphatic rings. The lowest BCUT2D eigenvalue weighted by molar-refractivity contribution is 0.280. The summed E-state index contributed by atoms with van der Waals surface area (Å²) in [5, 5.41) is 0. The van der Waals surface area contributed by atoms with Crippen molar-refractivity contribution in [3.63, 3.8) is 0 Å². The minimum Gasteiger partial charge on any atom is -0.493 e. The third-order valence-corrected chi connectivity index (χ3v) is 2.33. The number of nitrogens with zero attached hydrogens (tertiary/aromatic N) is 1. The van der Waals surface area contributed by atoms with Crippen molar-refractivity contribution in [1.82, 2.24) is 4.98 Å². The highest BCUT2D eigenvalue weighted by Gasteiger charge is 2.05. The largest absolute Gasteiger partial charge is 0.493 e. The summed E-state index contributed by atoms with van der Waals surface area (Å²) < 4.78 is 15.7. The first-order chi connectivity index (χ1) is 7.79.